The molecule has 7 N–H and O–H groups in total. The molecule has 2 aromatic rings. The smallest absolute Gasteiger partial charge is 0.342 e. The number of thioether (sulfide) groups is 1. The first-order chi connectivity index (χ1) is 17.5. The third kappa shape index (κ3) is 4.66. The van der Waals surface area contributed by atoms with Gasteiger partial charge in [-0.1, -0.05) is 5.16 Å². The Hall–Kier alpha value is -4.58. The molecule has 18 heteroatoms. The first-order valence-electron chi connectivity index (χ1n) is 10.1. The number of nitrogens with zero attached hydrogens (tertiary/aromatic N) is 5. The SMILES string of the molecule is NC(=O)c1cc[n+](CC2=C(C(=O)[O-])N3C(=O)[C@@H](NC(=O)/C(=N\O)c4nsc(N)n4)[C@@H]3SC2)cc1C(=O)O. The predicted molar refractivity (Wildman–Crippen MR) is 122 cm³/mol. The third-order valence-corrected chi connectivity index (χ3v) is 7.27. The van der Waals surface area contributed by atoms with E-state index < -0.39 is 52.5 Å². The summed E-state index contributed by atoms with van der Waals surface area (Å²) in [5.41, 5.74) is 9.28. The van der Waals surface area contributed by atoms with Gasteiger partial charge in [-0.25, -0.2) is 9.36 Å². The number of oxime groups is 1. The molecule has 4 heterocycles. The average molecular weight is 549 g/mol. The van der Waals surface area contributed by atoms with Crippen molar-refractivity contribution in [2.24, 2.45) is 10.9 Å². The minimum absolute atomic E-state index is 0.0200. The molecular formula is C19H16N8O8S2. The van der Waals surface area contributed by atoms with Crippen LogP contribution >= 0.6 is 23.3 Å². The molecule has 0 unspecified atom stereocenters. The van der Waals surface area contributed by atoms with Crippen LogP contribution in [0.1, 0.15) is 26.5 Å². The molecule has 1 fully saturated rings. The molecule has 0 saturated carbocycles. The van der Waals surface area contributed by atoms with Gasteiger partial charge in [-0.05, 0) is 0 Å². The van der Waals surface area contributed by atoms with Crippen molar-refractivity contribution in [3.63, 3.8) is 0 Å². The second-order valence-corrected chi connectivity index (χ2v) is 9.51. The molecule has 0 radical (unpaired) electrons. The number of aromatic nitrogens is 3. The van der Waals surface area contributed by atoms with Crippen LogP contribution in [0.5, 0.6) is 0 Å². The molecule has 0 aromatic carbocycles. The van der Waals surface area contributed by atoms with Crippen molar-refractivity contribution in [3.05, 3.63) is 46.7 Å². The standard InChI is InChI=1S/C19H16N8O8S2/c20-12(28)7-1-2-26(4-8(7)17(31)32)3-6-5-36-16-10(15(30)27(16)11(6)18(33)34)22-14(29)9(24-35)13-23-19(21)37-25-13/h1-2,4,10,16H,3,5H2,(H7-,20,21,22,23,25,28,29,31,32,33,34,35)/t10-,16+/m1/s1. The summed E-state index contributed by atoms with van der Waals surface area (Å²) in [6.07, 6.45) is 2.47. The van der Waals surface area contributed by atoms with Crippen LogP contribution in [-0.2, 0) is 20.9 Å². The largest absolute Gasteiger partial charge is 0.543 e. The Kier molecular flexibility index (Phi) is 6.77. The Morgan fingerprint density at radius 1 is 1.32 bits per heavy atom. The van der Waals surface area contributed by atoms with E-state index in [0.29, 0.717) is 0 Å². The quantitative estimate of drug-likeness (QED) is 0.0707. The lowest BCUT2D eigenvalue weighted by Gasteiger charge is -2.50. The molecule has 0 aliphatic carbocycles. The lowest BCUT2D eigenvalue weighted by Crippen LogP contribution is -2.71. The van der Waals surface area contributed by atoms with Crippen LogP contribution in [0.2, 0.25) is 0 Å². The number of aromatic carboxylic acids is 1. The maximum absolute atomic E-state index is 12.8. The summed E-state index contributed by atoms with van der Waals surface area (Å²) < 4.78 is 5.10. The summed E-state index contributed by atoms with van der Waals surface area (Å²) in [7, 11) is 0. The number of pyridine rings is 1. The number of aliphatic carboxylic acids is 1. The maximum Gasteiger partial charge on any atom is 0.342 e. The number of carboxylic acid groups (broad SMARTS) is 2. The molecule has 2 aliphatic heterocycles. The van der Waals surface area contributed by atoms with Crippen molar-refractivity contribution in [2.45, 2.75) is 18.0 Å². The summed E-state index contributed by atoms with van der Waals surface area (Å²) in [4.78, 5) is 65.1. The normalized spacial score (nSPS) is 19.2. The van der Waals surface area contributed by atoms with Crippen LogP contribution in [0.3, 0.4) is 0 Å². The number of nitrogens with one attached hydrogen (secondary N) is 1. The number of nitrogens with two attached hydrogens (primary N) is 2. The number of anilines is 1. The molecule has 0 bridgehead atoms. The fourth-order valence-electron chi connectivity index (χ4n) is 3.77. The number of fused-ring (bicyclic) bond motifs is 1. The number of carboxylic acids is 2. The van der Waals surface area contributed by atoms with Gasteiger partial charge in [0, 0.05) is 28.9 Å². The first kappa shape index (κ1) is 25.5. The van der Waals surface area contributed by atoms with Gasteiger partial charge in [0.15, 0.2) is 24.1 Å². The van der Waals surface area contributed by atoms with Gasteiger partial charge in [-0.3, -0.25) is 19.3 Å². The Morgan fingerprint density at radius 3 is 2.62 bits per heavy atom. The van der Waals surface area contributed by atoms with Crippen molar-refractivity contribution in [2.75, 3.05) is 11.5 Å². The second kappa shape index (κ2) is 9.82. The van der Waals surface area contributed by atoms with E-state index in [2.05, 4.69) is 19.8 Å². The van der Waals surface area contributed by atoms with Gasteiger partial charge in [0.2, 0.25) is 17.4 Å². The molecule has 2 aromatic heterocycles. The molecule has 1 saturated heterocycles. The van der Waals surface area contributed by atoms with E-state index in [0.717, 1.165) is 34.4 Å². The summed E-state index contributed by atoms with van der Waals surface area (Å²) >= 11 is 1.90. The number of amides is 3. The highest BCUT2D eigenvalue weighted by Crippen LogP contribution is 2.40. The van der Waals surface area contributed by atoms with E-state index in [9.17, 15) is 39.4 Å². The highest BCUT2D eigenvalue weighted by atomic mass is 32.2. The zero-order valence-electron chi connectivity index (χ0n) is 18.4. The van der Waals surface area contributed by atoms with Crippen molar-refractivity contribution in [1.82, 2.24) is 19.6 Å². The van der Waals surface area contributed by atoms with Crippen LogP contribution in [0, 0.1) is 0 Å². The van der Waals surface area contributed by atoms with E-state index in [-0.39, 0.29) is 40.0 Å². The van der Waals surface area contributed by atoms with E-state index in [4.69, 9.17) is 11.5 Å². The highest BCUT2D eigenvalue weighted by molar-refractivity contribution is 8.00. The predicted octanol–water partition coefficient (Wildman–Crippen LogP) is -3.51. The first-order valence-corrected chi connectivity index (χ1v) is 11.9. The number of carbonyl (C=O) groups excluding carboxylic acids is 4. The Balaban J connectivity index is 1.56. The van der Waals surface area contributed by atoms with Crippen LogP contribution in [0.15, 0.2) is 34.9 Å². The van der Waals surface area contributed by atoms with Crippen molar-refractivity contribution in [1.29, 1.82) is 0 Å². The molecular weight excluding hydrogens is 532 g/mol. The molecule has 2 aliphatic rings. The molecule has 4 rings (SSSR count). The number of carbonyl (C=O) groups is 5. The van der Waals surface area contributed by atoms with Crippen LogP contribution in [0.25, 0.3) is 0 Å². The number of rotatable bonds is 8. The summed E-state index contributed by atoms with van der Waals surface area (Å²) in [5.74, 6) is -5.90. The molecule has 2 atom stereocenters. The summed E-state index contributed by atoms with van der Waals surface area (Å²) in [6.45, 7) is -0.138. The molecule has 16 nitrogen and oxygen atoms in total. The van der Waals surface area contributed by atoms with Crippen molar-refractivity contribution >= 4 is 63.8 Å². The van der Waals surface area contributed by atoms with Gasteiger partial charge in [0.25, 0.3) is 11.8 Å². The van der Waals surface area contributed by atoms with Crippen molar-refractivity contribution < 1.29 is 44.0 Å². The number of β-lactam (4-membered cyclic amide) rings is 1. The minimum atomic E-state index is -1.65. The summed E-state index contributed by atoms with van der Waals surface area (Å²) in [5, 5.41) is 35.0. The van der Waals surface area contributed by atoms with Crippen LogP contribution in [-0.4, -0.2) is 77.1 Å². The van der Waals surface area contributed by atoms with Crippen molar-refractivity contribution in [3.8, 4) is 0 Å². The zero-order chi connectivity index (χ0) is 27.0. The Morgan fingerprint density at radius 2 is 2.05 bits per heavy atom. The summed E-state index contributed by atoms with van der Waals surface area (Å²) in [6, 6.07) is 0.0391. The van der Waals surface area contributed by atoms with E-state index >= 15 is 0 Å². The van der Waals surface area contributed by atoms with Gasteiger partial charge >= 0.3 is 5.97 Å². The van der Waals surface area contributed by atoms with E-state index in [1.807, 2.05) is 0 Å². The lowest BCUT2D eigenvalue weighted by atomic mass is 10.0. The van der Waals surface area contributed by atoms with Gasteiger partial charge < -0.3 is 37.0 Å². The monoisotopic (exact) mass is 548 g/mol. The number of primary amides is 1. The molecule has 37 heavy (non-hydrogen) atoms. The van der Waals surface area contributed by atoms with Gasteiger partial charge in [0.1, 0.15) is 17.0 Å². The number of hydrogen-bond acceptors (Lipinski definition) is 13. The van der Waals surface area contributed by atoms with Crippen LogP contribution < -0.4 is 26.5 Å². The van der Waals surface area contributed by atoms with Gasteiger partial charge in [-0.15, -0.1) is 11.8 Å². The third-order valence-electron chi connectivity index (χ3n) is 5.38. The molecule has 3 amide bonds. The minimum Gasteiger partial charge on any atom is -0.543 e. The Bertz CT molecular complexity index is 1420. The molecule has 0 spiro atoms. The zero-order valence-corrected chi connectivity index (χ0v) is 20.0. The van der Waals surface area contributed by atoms with E-state index in [1.54, 1.807) is 0 Å². The molecule has 192 valence electrons. The van der Waals surface area contributed by atoms with E-state index in [1.165, 1.54) is 16.8 Å². The average Bonchev–Trinajstić information content (AvgIpc) is 3.27. The lowest BCUT2D eigenvalue weighted by molar-refractivity contribution is -0.689. The highest BCUT2D eigenvalue weighted by Gasteiger charge is 2.53. The number of nitrogen functional groups attached to an aromatic ring is 1. The van der Waals surface area contributed by atoms with Crippen LogP contribution in [0.4, 0.5) is 5.13 Å². The fourth-order valence-corrected chi connectivity index (χ4v) is 5.54. The Labute approximate surface area is 214 Å². The number of hydrogen-bond donors (Lipinski definition) is 5. The maximum atomic E-state index is 12.8. The fraction of sp³-hybridized carbons (Fsp3) is 0.211. The second-order valence-electron chi connectivity index (χ2n) is 7.62. The van der Waals surface area contributed by atoms with Gasteiger partial charge in [0.05, 0.1) is 17.2 Å². The van der Waals surface area contributed by atoms with Gasteiger partial charge in [-0.2, -0.15) is 9.36 Å². The topological polar surface area (TPSA) is 258 Å².